The minimum atomic E-state index is -0.496. The number of phenols is 3. The maximum atomic E-state index is 9.58. The number of nitrogens with zero attached hydrogens (tertiary/aromatic N) is 2. The van der Waals surface area contributed by atoms with E-state index in [9.17, 15) is 15.3 Å². The van der Waals surface area contributed by atoms with E-state index in [-0.39, 0.29) is 11.5 Å². The molecule has 18 heavy (non-hydrogen) atoms. The first-order valence-corrected chi connectivity index (χ1v) is 5.46. The van der Waals surface area contributed by atoms with Crippen LogP contribution in [0, 0.1) is 0 Å². The Morgan fingerprint density at radius 3 is 2.72 bits per heavy atom. The summed E-state index contributed by atoms with van der Waals surface area (Å²) in [6, 6.07) is 2.88. The molecule has 0 spiro atoms. The van der Waals surface area contributed by atoms with Gasteiger partial charge in [0.1, 0.15) is 12.2 Å². The van der Waals surface area contributed by atoms with Crippen LogP contribution in [0.15, 0.2) is 18.5 Å². The van der Waals surface area contributed by atoms with Gasteiger partial charge in [-0.2, -0.15) is 5.10 Å². The van der Waals surface area contributed by atoms with E-state index in [1.165, 1.54) is 12.4 Å². The molecule has 5 N–H and O–H groups in total. The molecule has 2 aromatic rings. The van der Waals surface area contributed by atoms with Gasteiger partial charge in [0.15, 0.2) is 11.5 Å². The molecule has 7 heteroatoms. The fourth-order valence-corrected chi connectivity index (χ4v) is 1.53. The predicted molar refractivity (Wildman–Crippen MR) is 63.2 cm³/mol. The molecule has 0 fully saturated rings. The molecule has 0 amide bonds. The molecule has 0 aliphatic rings. The summed E-state index contributed by atoms with van der Waals surface area (Å²) in [5.74, 6) is -0.357. The minimum absolute atomic E-state index is 0.304. The van der Waals surface area contributed by atoms with Crippen LogP contribution in [0.1, 0.15) is 11.4 Å². The van der Waals surface area contributed by atoms with E-state index in [0.29, 0.717) is 25.1 Å². The van der Waals surface area contributed by atoms with Gasteiger partial charge in [0.05, 0.1) is 0 Å². The molecule has 1 aromatic carbocycles. The van der Waals surface area contributed by atoms with Crippen LogP contribution >= 0.6 is 0 Å². The Bertz CT molecular complexity index is 513. The van der Waals surface area contributed by atoms with Crippen LogP contribution in [0.5, 0.6) is 17.2 Å². The SMILES string of the molecule is Oc1ccc(CNCCc2ncn[nH]2)c(O)c1O. The molecule has 0 saturated heterocycles. The number of hydrogen-bond donors (Lipinski definition) is 5. The Morgan fingerprint density at radius 1 is 1.17 bits per heavy atom. The average Bonchev–Trinajstić information content (AvgIpc) is 2.87. The highest BCUT2D eigenvalue weighted by atomic mass is 16.3. The fraction of sp³-hybridized carbons (Fsp3) is 0.273. The second kappa shape index (κ2) is 5.37. The van der Waals surface area contributed by atoms with Crippen molar-refractivity contribution < 1.29 is 15.3 Å². The Balaban J connectivity index is 1.85. The molecule has 0 saturated carbocycles. The van der Waals surface area contributed by atoms with Crippen LogP contribution in [-0.4, -0.2) is 37.0 Å². The van der Waals surface area contributed by atoms with Gasteiger partial charge in [0, 0.05) is 25.1 Å². The number of aromatic amines is 1. The number of aromatic hydroxyl groups is 3. The highest BCUT2D eigenvalue weighted by Crippen LogP contribution is 2.36. The van der Waals surface area contributed by atoms with Crippen molar-refractivity contribution >= 4 is 0 Å². The summed E-state index contributed by atoms with van der Waals surface area (Å²) < 4.78 is 0. The van der Waals surface area contributed by atoms with E-state index in [4.69, 9.17) is 0 Å². The zero-order chi connectivity index (χ0) is 13.0. The van der Waals surface area contributed by atoms with Crippen LogP contribution in [0.2, 0.25) is 0 Å². The lowest BCUT2D eigenvalue weighted by Gasteiger charge is -2.08. The zero-order valence-corrected chi connectivity index (χ0v) is 9.59. The standard InChI is InChI=1S/C11H14N4O3/c16-8-2-1-7(10(17)11(8)18)5-12-4-3-9-13-6-14-15-9/h1-2,6,12,16-18H,3-5H2,(H,13,14,15). The van der Waals surface area contributed by atoms with Crippen LogP contribution in [-0.2, 0) is 13.0 Å². The second-order valence-corrected chi connectivity index (χ2v) is 3.80. The normalized spacial score (nSPS) is 10.7. The Morgan fingerprint density at radius 2 is 2.00 bits per heavy atom. The molecule has 0 unspecified atom stereocenters. The second-order valence-electron chi connectivity index (χ2n) is 3.80. The van der Waals surface area contributed by atoms with Crippen LogP contribution in [0.25, 0.3) is 0 Å². The number of aromatic nitrogens is 3. The summed E-state index contributed by atoms with van der Waals surface area (Å²) >= 11 is 0. The number of phenolic OH excluding ortho intramolecular Hbond substituents is 3. The molecule has 0 aliphatic heterocycles. The molecule has 0 bridgehead atoms. The van der Waals surface area contributed by atoms with Gasteiger partial charge in [-0.1, -0.05) is 6.07 Å². The summed E-state index contributed by atoms with van der Waals surface area (Å²) in [6.45, 7) is 1.03. The van der Waals surface area contributed by atoms with Gasteiger partial charge in [0.25, 0.3) is 0 Å². The number of H-pyrrole nitrogens is 1. The van der Waals surface area contributed by atoms with Crippen molar-refractivity contribution in [3.63, 3.8) is 0 Å². The first-order valence-electron chi connectivity index (χ1n) is 5.46. The third-order valence-corrected chi connectivity index (χ3v) is 2.53. The molecule has 0 aliphatic carbocycles. The summed E-state index contributed by atoms with van der Waals surface area (Å²) in [7, 11) is 0. The van der Waals surface area contributed by atoms with Crippen LogP contribution in [0.3, 0.4) is 0 Å². The fourth-order valence-electron chi connectivity index (χ4n) is 1.53. The Kier molecular flexibility index (Phi) is 3.63. The van der Waals surface area contributed by atoms with E-state index >= 15 is 0 Å². The lowest BCUT2D eigenvalue weighted by molar-refractivity contribution is 0.364. The molecule has 0 atom stereocenters. The van der Waals surface area contributed by atoms with Gasteiger partial charge < -0.3 is 20.6 Å². The van der Waals surface area contributed by atoms with E-state index in [1.54, 1.807) is 6.07 Å². The highest BCUT2D eigenvalue weighted by molar-refractivity contribution is 5.52. The van der Waals surface area contributed by atoms with Crippen molar-refractivity contribution in [2.24, 2.45) is 0 Å². The van der Waals surface area contributed by atoms with Crippen molar-refractivity contribution in [2.45, 2.75) is 13.0 Å². The van der Waals surface area contributed by atoms with Gasteiger partial charge >= 0.3 is 0 Å². The van der Waals surface area contributed by atoms with Crippen molar-refractivity contribution in [2.75, 3.05) is 6.54 Å². The van der Waals surface area contributed by atoms with Gasteiger partial charge in [-0.05, 0) is 6.07 Å². The smallest absolute Gasteiger partial charge is 0.200 e. The van der Waals surface area contributed by atoms with E-state index in [1.807, 2.05) is 0 Å². The molecule has 1 aromatic heterocycles. The molecule has 96 valence electrons. The predicted octanol–water partition coefficient (Wildman–Crippen LogP) is 0.254. The maximum absolute atomic E-state index is 9.58. The monoisotopic (exact) mass is 250 g/mol. The van der Waals surface area contributed by atoms with Crippen molar-refractivity contribution in [1.29, 1.82) is 0 Å². The topological polar surface area (TPSA) is 114 Å². The first kappa shape index (κ1) is 12.2. The molecule has 0 radical (unpaired) electrons. The van der Waals surface area contributed by atoms with Crippen LogP contribution in [0.4, 0.5) is 0 Å². The quantitative estimate of drug-likeness (QED) is 0.384. The number of nitrogens with one attached hydrogen (secondary N) is 2. The first-order chi connectivity index (χ1) is 8.68. The maximum Gasteiger partial charge on any atom is 0.200 e. The van der Waals surface area contributed by atoms with Crippen molar-refractivity contribution in [1.82, 2.24) is 20.5 Å². The highest BCUT2D eigenvalue weighted by Gasteiger charge is 2.10. The van der Waals surface area contributed by atoms with Crippen molar-refractivity contribution in [3.05, 3.63) is 29.8 Å². The van der Waals surface area contributed by atoms with Crippen molar-refractivity contribution in [3.8, 4) is 17.2 Å². The molecular formula is C11H14N4O3. The molecular weight excluding hydrogens is 236 g/mol. The summed E-state index contributed by atoms with van der Waals surface area (Å²) in [5, 5.41) is 37.7. The third-order valence-electron chi connectivity index (χ3n) is 2.53. The molecule has 7 nitrogen and oxygen atoms in total. The number of hydrogen-bond acceptors (Lipinski definition) is 6. The van der Waals surface area contributed by atoms with Gasteiger partial charge in [-0.25, -0.2) is 4.98 Å². The Hall–Kier alpha value is -2.28. The number of benzene rings is 1. The van der Waals surface area contributed by atoms with Gasteiger partial charge in [-0.15, -0.1) is 0 Å². The van der Waals surface area contributed by atoms with E-state index in [2.05, 4.69) is 20.5 Å². The summed E-state index contributed by atoms with van der Waals surface area (Å²) in [4.78, 5) is 3.97. The lowest BCUT2D eigenvalue weighted by Crippen LogP contribution is -2.17. The number of rotatable bonds is 5. The van der Waals surface area contributed by atoms with Gasteiger partial charge in [-0.3, -0.25) is 5.10 Å². The summed E-state index contributed by atoms with van der Waals surface area (Å²) in [5.41, 5.74) is 0.517. The molecule has 2 rings (SSSR count). The minimum Gasteiger partial charge on any atom is -0.504 e. The average molecular weight is 250 g/mol. The van der Waals surface area contributed by atoms with Gasteiger partial charge in [0.2, 0.25) is 5.75 Å². The van der Waals surface area contributed by atoms with Crippen LogP contribution < -0.4 is 5.32 Å². The third kappa shape index (κ3) is 2.69. The van der Waals surface area contributed by atoms with E-state index in [0.717, 1.165) is 5.82 Å². The Labute approximate surface area is 103 Å². The van der Waals surface area contributed by atoms with E-state index < -0.39 is 5.75 Å². The summed E-state index contributed by atoms with van der Waals surface area (Å²) in [6.07, 6.45) is 2.13. The lowest BCUT2D eigenvalue weighted by atomic mass is 10.1. The molecule has 1 heterocycles. The zero-order valence-electron chi connectivity index (χ0n) is 9.59. The largest absolute Gasteiger partial charge is 0.504 e.